The van der Waals surface area contributed by atoms with E-state index in [1.54, 1.807) is 0 Å². The Morgan fingerprint density at radius 3 is 2.31 bits per heavy atom. The van der Waals surface area contributed by atoms with Crippen molar-refractivity contribution in [2.75, 3.05) is 6.61 Å². The molecule has 1 aromatic rings. The summed E-state index contributed by atoms with van der Waals surface area (Å²) in [6.07, 6.45) is 11.7. The molecule has 0 heterocycles. The fraction of sp³-hybridized carbons (Fsp3) is 0.750. The van der Waals surface area contributed by atoms with Crippen molar-refractivity contribution < 1.29 is 9.47 Å². The molecule has 1 aliphatic rings. The lowest BCUT2D eigenvalue weighted by molar-refractivity contribution is -0.0941. The zero-order valence-electron chi connectivity index (χ0n) is 17.5. The van der Waals surface area contributed by atoms with Crippen molar-refractivity contribution in [3.05, 3.63) is 29.8 Å². The largest absolute Gasteiger partial charge is 0.465 e. The SMILES string of the molecule is CCC(C)c1ccc(OC(CCCC2CCCCC2)OCC(C)C)cc1. The first-order valence-electron chi connectivity index (χ1n) is 11.0. The van der Waals surface area contributed by atoms with E-state index in [4.69, 9.17) is 9.47 Å². The number of hydrogen-bond donors (Lipinski definition) is 0. The molecular weight excluding hydrogens is 320 g/mol. The molecule has 1 fully saturated rings. The summed E-state index contributed by atoms with van der Waals surface area (Å²) in [5, 5.41) is 0. The van der Waals surface area contributed by atoms with Crippen LogP contribution in [0.15, 0.2) is 24.3 Å². The highest BCUT2D eigenvalue weighted by Crippen LogP contribution is 2.29. The van der Waals surface area contributed by atoms with Gasteiger partial charge in [0, 0.05) is 6.42 Å². The maximum Gasteiger partial charge on any atom is 0.199 e. The molecule has 2 nitrogen and oxygen atoms in total. The molecule has 2 rings (SSSR count). The first kappa shape index (κ1) is 21.3. The van der Waals surface area contributed by atoms with Crippen molar-refractivity contribution in [2.45, 2.75) is 97.7 Å². The van der Waals surface area contributed by atoms with E-state index in [-0.39, 0.29) is 6.29 Å². The lowest BCUT2D eigenvalue weighted by atomic mass is 9.86. The van der Waals surface area contributed by atoms with Crippen LogP contribution in [0.3, 0.4) is 0 Å². The van der Waals surface area contributed by atoms with Crippen LogP contribution in [0.5, 0.6) is 5.75 Å². The highest BCUT2D eigenvalue weighted by atomic mass is 16.7. The van der Waals surface area contributed by atoms with Crippen molar-refractivity contribution in [1.82, 2.24) is 0 Å². The van der Waals surface area contributed by atoms with Crippen LogP contribution < -0.4 is 4.74 Å². The highest BCUT2D eigenvalue weighted by Gasteiger charge is 2.16. The molecule has 0 radical (unpaired) electrons. The minimum absolute atomic E-state index is 0.115. The van der Waals surface area contributed by atoms with Crippen molar-refractivity contribution in [2.24, 2.45) is 11.8 Å². The van der Waals surface area contributed by atoms with Gasteiger partial charge in [0.25, 0.3) is 0 Å². The molecule has 0 saturated heterocycles. The molecule has 148 valence electrons. The lowest BCUT2D eigenvalue weighted by Gasteiger charge is -2.24. The maximum atomic E-state index is 6.20. The first-order valence-corrected chi connectivity index (χ1v) is 11.0. The number of hydrogen-bond acceptors (Lipinski definition) is 2. The van der Waals surface area contributed by atoms with Gasteiger partial charge in [0.15, 0.2) is 6.29 Å². The van der Waals surface area contributed by atoms with Gasteiger partial charge in [0.05, 0.1) is 6.61 Å². The van der Waals surface area contributed by atoms with Crippen molar-refractivity contribution in [1.29, 1.82) is 0 Å². The molecule has 2 atom stereocenters. The number of benzene rings is 1. The van der Waals surface area contributed by atoms with Crippen LogP contribution in [-0.4, -0.2) is 12.9 Å². The lowest BCUT2D eigenvalue weighted by Crippen LogP contribution is -2.23. The Kier molecular flexibility index (Phi) is 9.53. The van der Waals surface area contributed by atoms with Crippen molar-refractivity contribution in [3.8, 4) is 5.75 Å². The summed E-state index contributed by atoms with van der Waals surface area (Å²) in [6.45, 7) is 9.66. The molecule has 1 aliphatic carbocycles. The smallest absolute Gasteiger partial charge is 0.199 e. The van der Waals surface area contributed by atoms with Crippen molar-refractivity contribution in [3.63, 3.8) is 0 Å². The average Bonchev–Trinajstić information content (AvgIpc) is 2.66. The minimum Gasteiger partial charge on any atom is -0.465 e. The van der Waals surface area contributed by atoms with Crippen LogP contribution in [0, 0.1) is 11.8 Å². The molecule has 0 N–H and O–H groups in total. The monoisotopic (exact) mass is 360 g/mol. The summed E-state index contributed by atoms with van der Waals surface area (Å²) >= 11 is 0. The van der Waals surface area contributed by atoms with Crippen LogP contribution in [-0.2, 0) is 4.74 Å². The maximum absolute atomic E-state index is 6.20. The van der Waals surface area contributed by atoms with Gasteiger partial charge in [0.1, 0.15) is 5.75 Å². The second-order valence-corrected chi connectivity index (χ2v) is 8.59. The molecule has 0 aliphatic heterocycles. The molecule has 2 heteroatoms. The molecule has 2 unspecified atom stereocenters. The van der Waals surface area contributed by atoms with Crippen LogP contribution in [0.25, 0.3) is 0 Å². The Balaban J connectivity index is 1.84. The summed E-state index contributed by atoms with van der Waals surface area (Å²) in [7, 11) is 0. The Labute approximate surface area is 161 Å². The number of ether oxygens (including phenoxy) is 2. The van der Waals surface area contributed by atoms with Crippen LogP contribution in [0.4, 0.5) is 0 Å². The Hall–Kier alpha value is -1.02. The predicted molar refractivity (Wildman–Crippen MR) is 111 cm³/mol. The molecule has 0 amide bonds. The molecule has 26 heavy (non-hydrogen) atoms. The second kappa shape index (κ2) is 11.6. The van der Waals surface area contributed by atoms with E-state index in [2.05, 4.69) is 52.0 Å². The summed E-state index contributed by atoms with van der Waals surface area (Å²) in [6, 6.07) is 8.61. The second-order valence-electron chi connectivity index (χ2n) is 8.59. The van der Waals surface area contributed by atoms with Gasteiger partial charge in [0.2, 0.25) is 0 Å². The van der Waals surface area contributed by atoms with Gasteiger partial charge in [-0.2, -0.15) is 0 Å². The Bertz CT molecular complexity index is 473. The predicted octanol–water partition coefficient (Wildman–Crippen LogP) is 7.33. The van der Waals surface area contributed by atoms with Crippen LogP contribution in [0.2, 0.25) is 0 Å². The van der Waals surface area contributed by atoms with E-state index in [9.17, 15) is 0 Å². The van der Waals surface area contributed by atoms with Gasteiger partial charge < -0.3 is 9.47 Å². The van der Waals surface area contributed by atoms with Crippen LogP contribution >= 0.6 is 0 Å². The summed E-state index contributed by atoms with van der Waals surface area (Å²) in [4.78, 5) is 0. The third-order valence-electron chi connectivity index (χ3n) is 5.72. The van der Waals surface area contributed by atoms with E-state index < -0.39 is 0 Å². The van der Waals surface area contributed by atoms with E-state index in [0.717, 1.165) is 24.7 Å². The topological polar surface area (TPSA) is 18.5 Å². The van der Waals surface area contributed by atoms with Gasteiger partial charge in [-0.25, -0.2) is 0 Å². The van der Waals surface area contributed by atoms with Gasteiger partial charge in [-0.3, -0.25) is 0 Å². The van der Waals surface area contributed by atoms with Gasteiger partial charge in [-0.05, 0) is 48.3 Å². The zero-order chi connectivity index (χ0) is 18.8. The van der Waals surface area contributed by atoms with Gasteiger partial charge in [-0.1, -0.05) is 78.4 Å². The highest BCUT2D eigenvalue weighted by molar-refractivity contribution is 5.29. The first-order chi connectivity index (χ1) is 12.6. The normalized spacial score (nSPS) is 18.0. The van der Waals surface area contributed by atoms with E-state index in [0.29, 0.717) is 11.8 Å². The van der Waals surface area contributed by atoms with E-state index in [1.165, 1.54) is 56.9 Å². The summed E-state index contributed by atoms with van der Waals surface area (Å²) in [5.74, 6) is 3.01. The van der Waals surface area contributed by atoms with Crippen molar-refractivity contribution >= 4 is 0 Å². The van der Waals surface area contributed by atoms with E-state index in [1.807, 2.05) is 0 Å². The number of rotatable bonds is 11. The minimum atomic E-state index is -0.115. The fourth-order valence-corrected chi connectivity index (χ4v) is 3.79. The molecular formula is C24H40O2. The molecule has 0 bridgehead atoms. The van der Waals surface area contributed by atoms with Gasteiger partial charge >= 0.3 is 0 Å². The van der Waals surface area contributed by atoms with Gasteiger partial charge in [-0.15, -0.1) is 0 Å². The van der Waals surface area contributed by atoms with Crippen LogP contribution in [0.1, 0.15) is 97.0 Å². The fourth-order valence-electron chi connectivity index (χ4n) is 3.79. The van der Waals surface area contributed by atoms with E-state index >= 15 is 0 Å². The average molecular weight is 361 g/mol. The molecule has 1 aromatic carbocycles. The zero-order valence-corrected chi connectivity index (χ0v) is 17.5. The quantitative estimate of drug-likeness (QED) is 0.385. The third kappa shape index (κ3) is 7.70. The Morgan fingerprint density at radius 2 is 1.69 bits per heavy atom. The third-order valence-corrected chi connectivity index (χ3v) is 5.72. The standard InChI is InChI=1S/C24H40O2/c1-5-20(4)22-14-16-23(17-15-22)26-24(25-18-19(2)3)13-9-12-21-10-7-6-8-11-21/h14-17,19-21,24H,5-13,18H2,1-4H3. The summed E-state index contributed by atoms with van der Waals surface area (Å²) < 4.78 is 12.3. The molecule has 1 saturated carbocycles. The summed E-state index contributed by atoms with van der Waals surface area (Å²) in [5.41, 5.74) is 1.39. The Morgan fingerprint density at radius 1 is 1.00 bits per heavy atom. The molecule has 0 spiro atoms. The molecule has 0 aromatic heterocycles.